The highest BCUT2D eigenvalue weighted by Crippen LogP contribution is 2.24. The van der Waals surface area contributed by atoms with Crippen LogP contribution < -0.4 is 4.90 Å². The van der Waals surface area contributed by atoms with Crippen LogP contribution in [0.2, 0.25) is 0 Å². The zero-order valence-electron chi connectivity index (χ0n) is 15.0. The second-order valence-corrected chi connectivity index (χ2v) is 6.71. The number of rotatable bonds is 4. The average molecular weight is 363 g/mol. The zero-order valence-corrected chi connectivity index (χ0v) is 15.0. The first-order valence-electron chi connectivity index (χ1n) is 9.20. The van der Waals surface area contributed by atoms with Crippen LogP contribution in [0.5, 0.6) is 0 Å². The van der Waals surface area contributed by atoms with Gasteiger partial charge in [0.05, 0.1) is 5.69 Å². The van der Waals surface area contributed by atoms with Gasteiger partial charge in [0.2, 0.25) is 5.91 Å². The number of carbonyl (C=O) groups is 1. The van der Waals surface area contributed by atoms with Gasteiger partial charge in [0.25, 0.3) is 0 Å². The van der Waals surface area contributed by atoms with Crippen LogP contribution in [0, 0.1) is 5.82 Å². The van der Waals surface area contributed by atoms with E-state index in [2.05, 4.69) is 0 Å². The molecular weight excluding hydrogens is 341 g/mol. The molecule has 0 N–H and O–H groups in total. The number of hydrogen-bond acceptors (Lipinski definition) is 2. The van der Waals surface area contributed by atoms with E-state index in [1.54, 1.807) is 12.1 Å². The van der Waals surface area contributed by atoms with Gasteiger partial charge in [-0.2, -0.15) is 0 Å². The molecule has 2 heterocycles. The van der Waals surface area contributed by atoms with Crippen LogP contribution in [0.4, 0.5) is 10.1 Å². The van der Waals surface area contributed by atoms with Crippen molar-refractivity contribution < 1.29 is 9.18 Å². The van der Waals surface area contributed by atoms with Gasteiger partial charge in [0.15, 0.2) is 0 Å². The molecule has 2 aromatic carbocycles. The lowest BCUT2D eigenvalue weighted by molar-refractivity contribution is -0.133. The molecule has 1 fully saturated rings. The Labute approximate surface area is 158 Å². The maximum atomic E-state index is 14.0. The molecule has 4 nitrogen and oxygen atoms in total. The van der Waals surface area contributed by atoms with E-state index in [0.29, 0.717) is 31.9 Å². The summed E-state index contributed by atoms with van der Waals surface area (Å²) >= 11 is 0. The molecule has 5 heteroatoms. The van der Waals surface area contributed by atoms with Gasteiger partial charge in [-0.15, -0.1) is 0 Å². The minimum absolute atomic E-state index is 0.0746. The Hall–Kier alpha value is -3.08. The number of halogens is 1. The molecule has 0 aliphatic carbocycles. The molecule has 27 heavy (non-hydrogen) atoms. The minimum atomic E-state index is -0.374. The highest BCUT2D eigenvalue weighted by atomic mass is 19.1. The molecule has 0 bridgehead atoms. The summed E-state index contributed by atoms with van der Waals surface area (Å²) in [6, 6.07) is 20.1. The summed E-state index contributed by atoms with van der Waals surface area (Å²) in [4.78, 5) is 17.2. The zero-order chi connectivity index (χ0) is 18.6. The van der Waals surface area contributed by atoms with Gasteiger partial charge in [-0.25, -0.2) is 4.39 Å². The van der Waals surface area contributed by atoms with Crippen molar-refractivity contribution in [1.82, 2.24) is 9.47 Å². The highest BCUT2D eigenvalue weighted by molar-refractivity contribution is 5.84. The summed E-state index contributed by atoms with van der Waals surface area (Å²) in [5.41, 5.74) is 1.57. The molecule has 0 unspecified atom stereocenters. The molecular formula is C22H22FN3O. The minimum Gasteiger partial charge on any atom is -0.366 e. The molecule has 138 valence electrons. The van der Waals surface area contributed by atoms with Gasteiger partial charge in [-0.05, 0) is 29.8 Å². The van der Waals surface area contributed by atoms with Gasteiger partial charge in [-0.3, -0.25) is 4.79 Å². The Kier molecular flexibility index (Phi) is 4.92. The second-order valence-electron chi connectivity index (χ2n) is 6.71. The standard InChI is InChI=1S/C22H22FN3O/c23-19-10-4-5-11-20(19)24-14-16-26(17-15-24)22(27)21(25-12-6-7-13-25)18-8-2-1-3-9-18/h1-13,21H,14-17H2/t21-/m0/s1. The van der Waals surface area contributed by atoms with Crippen LogP contribution in [0.3, 0.4) is 0 Å². The third-order valence-electron chi connectivity index (χ3n) is 5.06. The first kappa shape index (κ1) is 17.3. The number of nitrogens with zero attached hydrogens (tertiary/aromatic N) is 3. The Balaban J connectivity index is 1.51. The topological polar surface area (TPSA) is 28.5 Å². The lowest BCUT2D eigenvalue weighted by atomic mass is 10.0. The number of carbonyl (C=O) groups excluding carboxylic acids is 1. The fourth-order valence-corrected chi connectivity index (χ4v) is 3.65. The van der Waals surface area contributed by atoms with Crippen molar-refractivity contribution >= 4 is 11.6 Å². The van der Waals surface area contributed by atoms with Crippen LogP contribution in [0.1, 0.15) is 11.6 Å². The van der Waals surface area contributed by atoms with E-state index < -0.39 is 0 Å². The summed E-state index contributed by atoms with van der Waals surface area (Å²) in [6.45, 7) is 2.41. The van der Waals surface area contributed by atoms with E-state index in [4.69, 9.17) is 0 Å². The van der Waals surface area contributed by atoms with Gasteiger partial charge in [0.1, 0.15) is 11.9 Å². The van der Waals surface area contributed by atoms with Gasteiger partial charge in [0, 0.05) is 38.6 Å². The number of anilines is 1. The largest absolute Gasteiger partial charge is 0.366 e. The molecule has 4 rings (SSSR count). The third kappa shape index (κ3) is 3.58. The molecule has 3 aromatic rings. The summed E-state index contributed by atoms with van der Waals surface area (Å²) < 4.78 is 16.0. The average Bonchev–Trinajstić information content (AvgIpc) is 3.24. The van der Waals surface area contributed by atoms with Crippen molar-refractivity contribution in [3.63, 3.8) is 0 Å². The summed E-state index contributed by atoms with van der Waals surface area (Å²) in [6.07, 6.45) is 3.84. The van der Waals surface area contributed by atoms with E-state index in [-0.39, 0.29) is 17.8 Å². The molecule has 1 atom stereocenters. The van der Waals surface area contributed by atoms with Crippen molar-refractivity contribution in [3.8, 4) is 0 Å². The molecule has 0 radical (unpaired) electrons. The number of para-hydroxylation sites is 1. The maximum absolute atomic E-state index is 14.0. The van der Waals surface area contributed by atoms with E-state index in [9.17, 15) is 9.18 Å². The first-order chi connectivity index (χ1) is 13.2. The quantitative estimate of drug-likeness (QED) is 0.709. The SMILES string of the molecule is O=C([C@H](c1ccccc1)n1cccc1)N1CCN(c2ccccc2F)CC1. The molecule has 1 aliphatic rings. The lowest BCUT2D eigenvalue weighted by Crippen LogP contribution is -2.51. The van der Waals surface area contributed by atoms with Crippen molar-refractivity contribution in [2.75, 3.05) is 31.1 Å². The monoisotopic (exact) mass is 363 g/mol. The van der Waals surface area contributed by atoms with Crippen molar-refractivity contribution in [3.05, 3.63) is 90.5 Å². The van der Waals surface area contributed by atoms with Gasteiger partial charge >= 0.3 is 0 Å². The fourth-order valence-electron chi connectivity index (χ4n) is 3.65. The number of amides is 1. The summed E-state index contributed by atoms with van der Waals surface area (Å²) in [5, 5.41) is 0. The van der Waals surface area contributed by atoms with E-state index >= 15 is 0 Å². The van der Waals surface area contributed by atoms with Crippen LogP contribution >= 0.6 is 0 Å². The number of piperazine rings is 1. The lowest BCUT2D eigenvalue weighted by Gasteiger charge is -2.38. The second kappa shape index (κ2) is 7.66. The highest BCUT2D eigenvalue weighted by Gasteiger charge is 2.29. The number of aromatic nitrogens is 1. The van der Waals surface area contributed by atoms with Crippen molar-refractivity contribution in [2.45, 2.75) is 6.04 Å². The van der Waals surface area contributed by atoms with E-state index in [1.807, 2.05) is 75.3 Å². The molecule has 0 saturated carbocycles. The molecule has 1 aliphatic heterocycles. The summed E-state index contributed by atoms with van der Waals surface area (Å²) in [7, 11) is 0. The first-order valence-corrected chi connectivity index (χ1v) is 9.20. The molecule has 1 aromatic heterocycles. The number of hydrogen-bond donors (Lipinski definition) is 0. The Morgan fingerprint density at radius 1 is 0.815 bits per heavy atom. The predicted molar refractivity (Wildman–Crippen MR) is 104 cm³/mol. The van der Waals surface area contributed by atoms with E-state index in [1.165, 1.54) is 6.07 Å². The van der Waals surface area contributed by atoms with Gasteiger partial charge < -0.3 is 14.4 Å². The third-order valence-corrected chi connectivity index (χ3v) is 5.06. The van der Waals surface area contributed by atoms with Crippen molar-refractivity contribution in [2.24, 2.45) is 0 Å². The smallest absolute Gasteiger partial charge is 0.250 e. The Bertz CT molecular complexity index is 887. The van der Waals surface area contributed by atoms with Crippen LogP contribution in [0.25, 0.3) is 0 Å². The maximum Gasteiger partial charge on any atom is 0.250 e. The van der Waals surface area contributed by atoms with Crippen molar-refractivity contribution in [1.29, 1.82) is 0 Å². The van der Waals surface area contributed by atoms with Crippen LogP contribution in [0.15, 0.2) is 79.1 Å². The molecule has 1 saturated heterocycles. The summed E-state index contributed by atoms with van der Waals surface area (Å²) in [5.74, 6) is -0.141. The van der Waals surface area contributed by atoms with Crippen LogP contribution in [-0.4, -0.2) is 41.6 Å². The Morgan fingerprint density at radius 3 is 2.11 bits per heavy atom. The van der Waals surface area contributed by atoms with E-state index in [0.717, 1.165) is 5.56 Å². The van der Waals surface area contributed by atoms with Crippen LogP contribution in [-0.2, 0) is 4.79 Å². The van der Waals surface area contributed by atoms with Gasteiger partial charge in [-0.1, -0.05) is 42.5 Å². The predicted octanol–water partition coefficient (Wildman–Crippen LogP) is 3.57. The normalized spacial score (nSPS) is 15.6. The number of benzene rings is 2. The molecule has 0 spiro atoms. The Morgan fingerprint density at radius 2 is 1.44 bits per heavy atom. The fraction of sp³-hybridized carbons (Fsp3) is 0.227. The molecule has 1 amide bonds.